The summed E-state index contributed by atoms with van der Waals surface area (Å²) in [5.41, 5.74) is 11.4. The average molecular weight is 513 g/mol. The van der Waals surface area contributed by atoms with Crippen molar-refractivity contribution in [2.45, 2.75) is 0 Å². The minimum absolute atomic E-state index is 0.127. The Morgan fingerprint density at radius 1 is 0.553 bits per heavy atom. The highest BCUT2D eigenvalue weighted by Crippen LogP contribution is 2.35. The summed E-state index contributed by atoms with van der Waals surface area (Å²) in [4.78, 5) is 36.9. The number of hydrazine groups is 2. The summed E-state index contributed by atoms with van der Waals surface area (Å²) in [6, 6.07) is 24.4. The Morgan fingerprint density at radius 2 is 0.921 bits per heavy atom. The second-order valence-corrected chi connectivity index (χ2v) is 7.94. The largest absolute Gasteiger partial charge is 0.455 e. The number of nitrogens with two attached hydrogens (primary N) is 4. The van der Waals surface area contributed by atoms with E-state index in [0.29, 0.717) is 21.5 Å². The van der Waals surface area contributed by atoms with Crippen molar-refractivity contribution in [3.63, 3.8) is 0 Å². The molecule has 0 bridgehead atoms. The number of para-hydroxylation sites is 2. The van der Waals surface area contributed by atoms with Gasteiger partial charge in [0, 0.05) is 11.1 Å². The molecule has 0 aliphatic carbocycles. The minimum Gasteiger partial charge on any atom is -0.455 e. The Labute approximate surface area is 217 Å². The summed E-state index contributed by atoms with van der Waals surface area (Å²) in [5.74, 6) is 12.4. The van der Waals surface area contributed by atoms with Gasteiger partial charge in [0.2, 0.25) is 0 Å². The van der Waals surface area contributed by atoms with E-state index in [1.54, 1.807) is 48.5 Å². The van der Waals surface area contributed by atoms with E-state index in [1.807, 2.05) is 12.1 Å². The SMILES string of the molecule is NC(=O)N(N)c1ccc(C(=O)c2ccc(N(N)C(N)=O)c(Oc3ccccc3)c2)cc1Oc1ccccc1. The van der Waals surface area contributed by atoms with Gasteiger partial charge in [0.1, 0.15) is 22.9 Å². The van der Waals surface area contributed by atoms with Crippen LogP contribution in [-0.4, -0.2) is 17.8 Å². The van der Waals surface area contributed by atoms with Crippen molar-refractivity contribution in [3.05, 3.63) is 108 Å². The van der Waals surface area contributed by atoms with E-state index in [9.17, 15) is 14.4 Å². The van der Waals surface area contributed by atoms with E-state index in [0.717, 1.165) is 0 Å². The van der Waals surface area contributed by atoms with Crippen molar-refractivity contribution >= 4 is 29.2 Å². The molecule has 8 N–H and O–H groups in total. The predicted molar refractivity (Wildman–Crippen MR) is 142 cm³/mol. The number of carbonyl (C=O) groups excluding carboxylic acids is 3. The molecule has 0 aliphatic rings. The quantitative estimate of drug-likeness (QED) is 0.119. The molecule has 0 atom stereocenters. The van der Waals surface area contributed by atoms with Gasteiger partial charge in [0.25, 0.3) is 0 Å². The lowest BCUT2D eigenvalue weighted by atomic mass is 10.0. The molecule has 0 heterocycles. The third-order valence-electron chi connectivity index (χ3n) is 5.38. The van der Waals surface area contributed by atoms with Crippen molar-refractivity contribution in [1.82, 2.24) is 0 Å². The van der Waals surface area contributed by atoms with Crippen LogP contribution in [-0.2, 0) is 0 Å². The van der Waals surface area contributed by atoms with E-state index in [-0.39, 0.29) is 34.0 Å². The number of hydrogen-bond donors (Lipinski definition) is 4. The lowest BCUT2D eigenvalue weighted by molar-refractivity contribution is 0.103. The summed E-state index contributed by atoms with van der Waals surface area (Å²) in [5, 5.41) is 1.43. The van der Waals surface area contributed by atoms with Crippen molar-refractivity contribution < 1.29 is 23.9 Å². The number of primary amides is 2. The number of ether oxygens (including phenoxy) is 2. The standard InChI is InChI=1S/C27H24N6O5/c28-26(35)32(30)21-13-11-17(15-23(21)37-19-7-3-1-4-8-19)25(34)18-12-14-22(33(31)27(29)36)24(16-18)38-20-9-5-2-6-10-20/h1-16H,30-31H2,(H2,28,35)(H2,29,36). The zero-order valence-corrected chi connectivity index (χ0v) is 20.0. The lowest BCUT2D eigenvalue weighted by Gasteiger charge is -2.20. The molecule has 0 radical (unpaired) electrons. The van der Waals surface area contributed by atoms with Gasteiger partial charge >= 0.3 is 12.1 Å². The molecule has 0 unspecified atom stereocenters. The van der Waals surface area contributed by atoms with Crippen LogP contribution in [0.4, 0.5) is 21.0 Å². The molecule has 11 nitrogen and oxygen atoms in total. The van der Waals surface area contributed by atoms with Crippen molar-refractivity contribution in [3.8, 4) is 23.0 Å². The lowest BCUT2D eigenvalue weighted by Crippen LogP contribution is -2.41. The van der Waals surface area contributed by atoms with Crippen molar-refractivity contribution in [2.24, 2.45) is 23.2 Å². The maximum absolute atomic E-state index is 13.5. The number of hydrogen-bond acceptors (Lipinski definition) is 7. The Hall–Kier alpha value is -5.39. The fourth-order valence-electron chi connectivity index (χ4n) is 3.51. The van der Waals surface area contributed by atoms with Crippen LogP contribution < -0.4 is 42.6 Å². The number of anilines is 2. The highest BCUT2D eigenvalue weighted by molar-refractivity contribution is 6.10. The van der Waals surface area contributed by atoms with Gasteiger partial charge in [-0.3, -0.25) is 4.79 Å². The van der Waals surface area contributed by atoms with Gasteiger partial charge in [0.15, 0.2) is 17.3 Å². The number of nitrogens with zero attached hydrogens (tertiary/aromatic N) is 2. The molecule has 4 amide bonds. The zero-order valence-electron chi connectivity index (χ0n) is 20.0. The predicted octanol–water partition coefficient (Wildman–Crippen LogP) is 4.02. The van der Waals surface area contributed by atoms with E-state index in [2.05, 4.69) is 0 Å². The maximum atomic E-state index is 13.5. The first kappa shape index (κ1) is 25.7. The molecule has 38 heavy (non-hydrogen) atoms. The van der Waals surface area contributed by atoms with Gasteiger partial charge in [-0.1, -0.05) is 36.4 Å². The van der Waals surface area contributed by atoms with E-state index < -0.39 is 17.8 Å². The molecule has 4 aromatic carbocycles. The third-order valence-corrected chi connectivity index (χ3v) is 5.38. The van der Waals surface area contributed by atoms with Crippen LogP contribution in [0.5, 0.6) is 23.0 Å². The van der Waals surface area contributed by atoms with Crippen LogP contribution in [0.1, 0.15) is 15.9 Å². The van der Waals surface area contributed by atoms with Crippen LogP contribution >= 0.6 is 0 Å². The molecule has 0 saturated carbocycles. The first-order chi connectivity index (χ1) is 18.2. The number of benzene rings is 4. The summed E-state index contributed by atoms with van der Waals surface area (Å²) >= 11 is 0. The maximum Gasteiger partial charge on any atom is 0.333 e. The first-order valence-corrected chi connectivity index (χ1v) is 11.2. The van der Waals surface area contributed by atoms with E-state index in [1.165, 1.54) is 36.4 Å². The Bertz CT molecular complexity index is 1370. The Balaban J connectivity index is 1.74. The number of carbonyl (C=O) groups is 3. The van der Waals surface area contributed by atoms with Crippen LogP contribution in [0.3, 0.4) is 0 Å². The number of urea groups is 2. The topological polar surface area (TPSA) is 180 Å². The number of rotatable bonds is 8. The number of amides is 4. The molecule has 4 aromatic rings. The summed E-state index contributed by atoms with van der Waals surface area (Å²) in [6.07, 6.45) is 0. The smallest absolute Gasteiger partial charge is 0.333 e. The fourth-order valence-corrected chi connectivity index (χ4v) is 3.51. The normalized spacial score (nSPS) is 10.4. The molecule has 4 rings (SSSR count). The Morgan fingerprint density at radius 3 is 1.26 bits per heavy atom. The van der Waals surface area contributed by atoms with Crippen molar-refractivity contribution in [1.29, 1.82) is 0 Å². The first-order valence-electron chi connectivity index (χ1n) is 11.2. The molecule has 0 aliphatic heterocycles. The highest BCUT2D eigenvalue weighted by Gasteiger charge is 2.21. The molecule has 0 saturated heterocycles. The summed E-state index contributed by atoms with van der Waals surface area (Å²) in [7, 11) is 0. The zero-order chi connectivity index (χ0) is 27.2. The van der Waals surface area contributed by atoms with Gasteiger partial charge in [0.05, 0.1) is 0 Å². The second-order valence-electron chi connectivity index (χ2n) is 7.94. The molecule has 11 heteroatoms. The van der Waals surface area contributed by atoms with Gasteiger partial charge in [-0.25, -0.2) is 31.3 Å². The Kier molecular flexibility index (Phi) is 7.52. The van der Waals surface area contributed by atoms with Gasteiger partial charge in [-0.15, -0.1) is 0 Å². The molecular weight excluding hydrogens is 488 g/mol. The van der Waals surface area contributed by atoms with Crippen molar-refractivity contribution in [2.75, 3.05) is 10.0 Å². The van der Waals surface area contributed by atoms with Crippen LogP contribution in [0.2, 0.25) is 0 Å². The number of ketones is 1. The van der Waals surface area contributed by atoms with E-state index >= 15 is 0 Å². The van der Waals surface area contributed by atoms with Crippen LogP contribution in [0, 0.1) is 0 Å². The minimum atomic E-state index is -0.916. The van der Waals surface area contributed by atoms with Gasteiger partial charge in [-0.2, -0.15) is 0 Å². The summed E-state index contributed by atoms with van der Waals surface area (Å²) < 4.78 is 11.8. The molecule has 0 fully saturated rings. The molecular formula is C27H24N6O5. The molecule has 0 spiro atoms. The van der Waals surface area contributed by atoms with Gasteiger partial charge in [-0.05, 0) is 60.7 Å². The fraction of sp³-hybridized carbons (Fsp3) is 0. The average Bonchev–Trinajstić information content (AvgIpc) is 2.93. The highest BCUT2D eigenvalue weighted by atomic mass is 16.5. The van der Waals surface area contributed by atoms with Gasteiger partial charge < -0.3 is 20.9 Å². The third kappa shape index (κ3) is 5.70. The summed E-state index contributed by atoms with van der Waals surface area (Å²) in [6.45, 7) is 0. The molecule has 0 aromatic heterocycles. The van der Waals surface area contributed by atoms with E-state index in [4.69, 9.17) is 32.6 Å². The monoisotopic (exact) mass is 512 g/mol. The van der Waals surface area contributed by atoms with Crippen LogP contribution in [0.15, 0.2) is 97.1 Å². The van der Waals surface area contributed by atoms with Crippen LogP contribution in [0.25, 0.3) is 0 Å². The molecule has 192 valence electrons. The second kappa shape index (κ2) is 11.1.